The third kappa shape index (κ3) is 1.95. The highest BCUT2D eigenvalue weighted by molar-refractivity contribution is 5.74. The first kappa shape index (κ1) is 10.8. The van der Waals surface area contributed by atoms with Gasteiger partial charge in [-0.3, -0.25) is 0 Å². The molecular formula is C14H18. The molecule has 0 radical (unpaired) electrons. The van der Waals surface area contributed by atoms with E-state index in [2.05, 4.69) is 31.4 Å². The minimum absolute atomic E-state index is 0. The highest BCUT2D eigenvalue weighted by atomic mass is 14.3. The van der Waals surface area contributed by atoms with Gasteiger partial charge < -0.3 is 0 Å². The summed E-state index contributed by atoms with van der Waals surface area (Å²) in [5.41, 5.74) is 3.77. The standard InChI is InChI=1S/C13H14.CH4/c1-3-11-6-4-5-7-13(11)10(2)12-8-9-12;/h3-7,12H,1-2,8-9H2;1H4. The van der Waals surface area contributed by atoms with E-state index in [0.717, 1.165) is 5.92 Å². The fraction of sp³-hybridized carbons (Fsp3) is 0.286. The topological polar surface area (TPSA) is 0 Å². The summed E-state index contributed by atoms with van der Waals surface area (Å²) in [6.45, 7) is 7.96. The van der Waals surface area contributed by atoms with Crippen molar-refractivity contribution < 1.29 is 0 Å². The number of benzene rings is 1. The molecule has 1 aliphatic carbocycles. The Morgan fingerprint density at radius 2 is 1.93 bits per heavy atom. The summed E-state index contributed by atoms with van der Waals surface area (Å²) in [6, 6.07) is 8.34. The minimum Gasteiger partial charge on any atom is -0.0984 e. The second kappa shape index (κ2) is 4.28. The van der Waals surface area contributed by atoms with Gasteiger partial charge in [0.15, 0.2) is 0 Å². The van der Waals surface area contributed by atoms with Crippen molar-refractivity contribution in [3.05, 3.63) is 48.6 Å². The summed E-state index contributed by atoms with van der Waals surface area (Å²) in [5.74, 6) is 0.737. The molecule has 0 nitrogen and oxygen atoms in total. The molecule has 74 valence electrons. The largest absolute Gasteiger partial charge is 0.0984 e. The summed E-state index contributed by atoms with van der Waals surface area (Å²) in [7, 11) is 0. The van der Waals surface area contributed by atoms with E-state index >= 15 is 0 Å². The number of allylic oxidation sites excluding steroid dienone is 1. The van der Waals surface area contributed by atoms with Crippen LogP contribution in [0, 0.1) is 5.92 Å². The maximum Gasteiger partial charge on any atom is -0.0155 e. The first-order chi connectivity index (χ1) is 6.33. The van der Waals surface area contributed by atoms with E-state index in [1.807, 2.05) is 12.1 Å². The van der Waals surface area contributed by atoms with Crippen LogP contribution in [0.4, 0.5) is 0 Å². The molecule has 0 unspecified atom stereocenters. The van der Waals surface area contributed by atoms with Gasteiger partial charge in [0.05, 0.1) is 0 Å². The molecule has 2 rings (SSSR count). The van der Waals surface area contributed by atoms with E-state index in [0.29, 0.717) is 0 Å². The van der Waals surface area contributed by atoms with E-state index in [1.54, 1.807) is 0 Å². The lowest BCUT2D eigenvalue weighted by Gasteiger charge is -2.07. The maximum absolute atomic E-state index is 4.15. The van der Waals surface area contributed by atoms with Gasteiger partial charge in [0.25, 0.3) is 0 Å². The highest BCUT2D eigenvalue weighted by Crippen LogP contribution is 2.41. The van der Waals surface area contributed by atoms with Crippen LogP contribution in [-0.4, -0.2) is 0 Å². The summed E-state index contributed by atoms with van der Waals surface area (Å²) in [6.07, 6.45) is 4.53. The molecular weight excluding hydrogens is 168 g/mol. The van der Waals surface area contributed by atoms with Crippen molar-refractivity contribution in [1.29, 1.82) is 0 Å². The molecule has 1 aromatic carbocycles. The zero-order valence-corrected chi connectivity index (χ0v) is 7.79. The Kier molecular flexibility index (Phi) is 3.29. The fourth-order valence-corrected chi connectivity index (χ4v) is 1.62. The van der Waals surface area contributed by atoms with Crippen molar-refractivity contribution in [3.63, 3.8) is 0 Å². The third-order valence-electron chi connectivity index (χ3n) is 2.60. The van der Waals surface area contributed by atoms with E-state index < -0.39 is 0 Å². The Labute approximate surface area is 87.0 Å². The van der Waals surface area contributed by atoms with E-state index in [1.165, 1.54) is 29.5 Å². The van der Waals surface area contributed by atoms with E-state index in [9.17, 15) is 0 Å². The smallest absolute Gasteiger partial charge is 0.0155 e. The molecule has 1 aliphatic rings. The molecule has 0 N–H and O–H groups in total. The molecule has 0 heterocycles. The Morgan fingerprint density at radius 3 is 2.50 bits per heavy atom. The van der Waals surface area contributed by atoms with Crippen LogP contribution in [0.2, 0.25) is 0 Å². The van der Waals surface area contributed by atoms with Gasteiger partial charge in [0, 0.05) is 0 Å². The summed E-state index contributed by atoms with van der Waals surface area (Å²) < 4.78 is 0. The number of hydrogen-bond donors (Lipinski definition) is 0. The first-order valence-electron chi connectivity index (χ1n) is 4.73. The summed E-state index contributed by atoms with van der Waals surface area (Å²) in [4.78, 5) is 0. The number of hydrogen-bond acceptors (Lipinski definition) is 0. The zero-order chi connectivity index (χ0) is 9.26. The monoisotopic (exact) mass is 186 g/mol. The van der Waals surface area contributed by atoms with Gasteiger partial charge in [-0.1, -0.05) is 50.9 Å². The SMILES string of the molecule is C.C=Cc1ccccc1C(=C)C1CC1. The predicted molar refractivity (Wildman–Crippen MR) is 65.0 cm³/mol. The van der Waals surface area contributed by atoms with Crippen molar-refractivity contribution in [2.75, 3.05) is 0 Å². The zero-order valence-electron chi connectivity index (χ0n) is 7.79. The second-order valence-corrected chi connectivity index (χ2v) is 3.59. The Hall–Kier alpha value is -1.30. The van der Waals surface area contributed by atoms with Crippen LogP contribution in [0.5, 0.6) is 0 Å². The van der Waals surface area contributed by atoms with Gasteiger partial charge >= 0.3 is 0 Å². The maximum atomic E-state index is 4.15. The van der Waals surface area contributed by atoms with Gasteiger partial charge in [-0.05, 0) is 35.5 Å². The molecule has 0 amide bonds. The molecule has 1 saturated carbocycles. The van der Waals surface area contributed by atoms with Gasteiger partial charge in [0.1, 0.15) is 0 Å². The Bertz CT molecular complexity index is 343. The molecule has 14 heavy (non-hydrogen) atoms. The highest BCUT2D eigenvalue weighted by Gasteiger charge is 2.25. The van der Waals surface area contributed by atoms with Crippen LogP contribution in [0.15, 0.2) is 37.4 Å². The molecule has 0 spiro atoms. The molecule has 0 aliphatic heterocycles. The third-order valence-corrected chi connectivity index (χ3v) is 2.60. The average molecular weight is 186 g/mol. The summed E-state index contributed by atoms with van der Waals surface area (Å²) in [5, 5.41) is 0. The van der Waals surface area contributed by atoms with Crippen molar-refractivity contribution in [2.24, 2.45) is 5.92 Å². The normalized spacial score (nSPS) is 14.3. The quantitative estimate of drug-likeness (QED) is 0.656. The number of rotatable bonds is 3. The van der Waals surface area contributed by atoms with Crippen molar-refractivity contribution in [1.82, 2.24) is 0 Å². The Balaban J connectivity index is 0.000000980. The van der Waals surface area contributed by atoms with Gasteiger partial charge in [-0.2, -0.15) is 0 Å². The van der Waals surface area contributed by atoms with Crippen molar-refractivity contribution >= 4 is 11.6 Å². The van der Waals surface area contributed by atoms with Crippen LogP contribution >= 0.6 is 0 Å². The lowest BCUT2D eigenvalue weighted by atomic mass is 9.98. The van der Waals surface area contributed by atoms with Crippen LogP contribution in [0.1, 0.15) is 31.4 Å². The molecule has 0 saturated heterocycles. The Morgan fingerprint density at radius 1 is 1.29 bits per heavy atom. The van der Waals surface area contributed by atoms with Crippen molar-refractivity contribution in [2.45, 2.75) is 20.3 Å². The van der Waals surface area contributed by atoms with Crippen LogP contribution in [-0.2, 0) is 0 Å². The fourth-order valence-electron chi connectivity index (χ4n) is 1.62. The van der Waals surface area contributed by atoms with Gasteiger partial charge in [-0.15, -0.1) is 0 Å². The van der Waals surface area contributed by atoms with Crippen LogP contribution in [0.25, 0.3) is 11.6 Å². The second-order valence-electron chi connectivity index (χ2n) is 3.59. The molecule has 1 aromatic rings. The predicted octanol–water partition coefficient (Wildman–Crippen LogP) is 4.39. The van der Waals surface area contributed by atoms with Gasteiger partial charge in [-0.25, -0.2) is 0 Å². The lowest BCUT2D eigenvalue weighted by molar-refractivity contribution is 1.15. The van der Waals surface area contributed by atoms with Gasteiger partial charge in [0.2, 0.25) is 0 Å². The average Bonchev–Trinajstić information content (AvgIpc) is 3.00. The first-order valence-corrected chi connectivity index (χ1v) is 4.73. The molecule has 0 bridgehead atoms. The van der Waals surface area contributed by atoms with E-state index in [-0.39, 0.29) is 7.43 Å². The molecule has 1 fully saturated rings. The minimum atomic E-state index is 0. The molecule has 0 atom stereocenters. The molecule has 0 heteroatoms. The molecule has 0 aromatic heterocycles. The summed E-state index contributed by atoms with van der Waals surface area (Å²) >= 11 is 0. The van der Waals surface area contributed by atoms with Crippen LogP contribution < -0.4 is 0 Å². The lowest BCUT2D eigenvalue weighted by Crippen LogP contribution is -1.88. The van der Waals surface area contributed by atoms with E-state index in [4.69, 9.17) is 0 Å². The van der Waals surface area contributed by atoms with Crippen molar-refractivity contribution in [3.8, 4) is 0 Å². The van der Waals surface area contributed by atoms with Crippen LogP contribution in [0.3, 0.4) is 0 Å².